The van der Waals surface area contributed by atoms with E-state index in [1.165, 1.54) is 0 Å². The summed E-state index contributed by atoms with van der Waals surface area (Å²) in [5, 5.41) is 3.07. The van der Waals surface area contributed by atoms with Crippen LogP contribution in [0.3, 0.4) is 0 Å². The summed E-state index contributed by atoms with van der Waals surface area (Å²) < 4.78 is 37.3. The minimum absolute atomic E-state index is 0.0540. The third-order valence-electron chi connectivity index (χ3n) is 3.24. The highest BCUT2D eigenvalue weighted by Crippen LogP contribution is 2.28. The van der Waals surface area contributed by atoms with Crippen molar-refractivity contribution in [2.24, 2.45) is 0 Å². The van der Waals surface area contributed by atoms with Crippen LogP contribution in [0.5, 0.6) is 0 Å². The maximum absolute atomic E-state index is 12.4. The summed E-state index contributed by atoms with van der Waals surface area (Å²) in [6.07, 6.45) is -2.94. The number of hydrogen-bond donors (Lipinski definition) is 1. The molecule has 0 saturated carbocycles. The Bertz CT molecular complexity index is 469. The van der Waals surface area contributed by atoms with Crippen molar-refractivity contribution >= 4 is 5.91 Å². The van der Waals surface area contributed by atoms with E-state index in [0.29, 0.717) is 25.8 Å². The number of nitrogens with one attached hydrogen (secondary N) is 1. The number of aromatic nitrogens is 1. The molecule has 1 fully saturated rings. The average molecular weight is 287 g/mol. The van der Waals surface area contributed by atoms with E-state index in [1.807, 2.05) is 6.92 Å². The van der Waals surface area contributed by atoms with E-state index in [0.717, 1.165) is 18.6 Å². The fourth-order valence-corrected chi connectivity index (χ4v) is 2.02. The summed E-state index contributed by atoms with van der Waals surface area (Å²) in [5.41, 5.74) is -0.792. The fourth-order valence-electron chi connectivity index (χ4n) is 2.02. The van der Waals surface area contributed by atoms with Gasteiger partial charge < -0.3 is 10.2 Å². The van der Waals surface area contributed by atoms with Gasteiger partial charge in [0.1, 0.15) is 5.69 Å². The first-order valence-corrected chi connectivity index (χ1v) is 6.48. The van der Waals surface area contributed by atoms with Crippen LogP contribution in [-0.4, -0.2) is 41.5 Å². The van der Waals surface area contributed by atoms with E-state index in [-0.39, 0.29) is 17.6 Å². The van der Waals surface area contributed by atoms with Gasteiger partial charge in [0, 0.05) is 25.8 Å². The fraction of sp³-hybridized carbons (Fsp3) is 0.538. The molecule has 1 N–H and O–H groups in total. The van der Waals surface area contributed by atoms with E-state index in [1.54, 1.807) is 4.90 Å². The van der Waals surface area contributed by atoms with Crippen molar-refractivity contribution in [3.63, 3.8) is 0 Å². The lowest BCUT2D eigenvalue weighted by Crippen LogP contribution is -2.59. The first-order chi connectivity index (χ1) is 9.43. The number of alkyl halides is 3. The van der Waals surface area contributed by atoms with Crippen LogP contribution in [0, 0.1) is 0 Å². The molecule has 0 aliphatic carbocycles. The van der Waals surface area contributed by atoms with Gasteiger partial charge in [0.15, 0.2) is 0 Å². The minimum Gasteiger partial charge on any atom is -0.332 e. The zero-order valence-corrected chi connectivity index (χ0v) is 11.1. The zero-order chi connectivity index (χ0) is 14.8. The molecule has 0 bridgehead atoms. The van der Waals surface area contributed by atoms with Crippen molar-refractivity contribution in [1.82, 2.24) is 15.2 Å². The van der Waals surface area contributed by atoms with Gasteiger partial charge in [-0.2, -0.15) is 13.2 Å². The highest BCUT2D eigenvalue weighted by Gasteiger charge is 2.32. The highest BCUT2D eigenvalue weighted by molar-refractivity contribution is 5.92. The minimum atomic E-state index is -4.43. The molecule has 2 heterocycles. The molecule has 1 aromatic rings. The molecule has 1 aromatic heterocycles. The lowest BCUT2D eigenvalue weighted by molar-refractivity contribution is -0.137. The maximum atomic E-state index is 12.4. The number of amides is 1. The van der Waals surface area contributed by atoms with Gasteiger partial charge in [0.2, 0.25) is 0 Å². The number of pyridine rings is 1. The van der Waals surface area contributed by atoms with Gasteiger partial charge in [-0.3, -0.25) is 9.78 Å². The quantitative estimate of drug-likeness (QED) is 0.920. The Morgan fingerprint density at radius 2 is 2.15 bits per heavy atom. The average Bonchev–Trinajstić information content (AvgIpc) is 2.34. The first kappa shape index (κ1) is 14.8. The van der Waals surface area contributed by atoms with Crippen molar-refractivity contribution in [2.75, 3.05) is 19.6 Å². The summed E-state index contributed by atoms with van der Waals surface area (Å²) >= 11 is 0. The molecular formula is C13H16F3N3O. The van der Waals surface area contributed by atoms with Crippen LogP contribution in [-0.2, 0) is 6.18 Å². The molecule has 2 rings (SSSR count). The Labute approximate surface area is 115 Å². The summed E-state index contributed by atoms with van der Waals surface area (Å²) in [6.45, 7) is 3.96. The standard InChI is InChI=1S/C13H16F3N3O/c1-2-5-19(10-7-17-8-10)12(20)11-4-3-9(6-18-11)13(14,15)16/h3-4,6,10,17H,2,5,7-8H2,1H3. The number of halogens is 3. The van der Waals surface area contributed by atoms with Crippen LogP contribution >= 0.6 is 0 Å². The van der Waals surface area contributed by atoms with Crippen molar-refractivity contribution in [3.05, 3.63) is 29.6 Å². The van der Waals surface area contributed by atoms with Gasteiger partial charge in [-0.1, -0.05) is 6.92 Å². The van der Waals surface area contributed by atoms with Gasteiger partial charge >= 0.3 is 6.18 Å². The predicted molar refractivity (Wildman–Crippen MR) is 67.2 cm³/mol. The molecule has 1 aliphatic heterocycles. The van der Waals surface area contributed by atoms with Crippen molar-refractivity contribution in [1.29, 1.82) is 0 Å². The van der Waals surface area contributed by atoms with Crippen LogP contribution in [0.15, 0.2) is 18.3 Å². The Hall–Kier alpha value is -1.63. The molecular weight excluding hydrogens is 271 g/mol. The molecule has 0 spiro atoms. The summed E-state index contributed by atoms with van der Waals surface area (Å²) in [5.74, 6) is -0.313. The number of rotatable bonds is 4. The number of carbonyl (C=O) groups is 1. The van der Waals surface area contributed by atoms with Gasteiger partial charge in [-0.25, -0.2) is 0 Å². The molecule has 0 unspecified atom stereocenters. The lowest BCUT2D eigenvalue weighted by Gasteiger charge is -2.38. The Morgan fingerprint density at radius 1 is 1.45 bits per heavy atom. The smallest absolute Gasteiger partial charge is 0.332 e. The van der Waals surface area contributed by atoms with Crippen LogP contribution in [0.25, 0.3) is 0 Å². The second-order valence-corrected chi connectivity index (χ2v) is 4.74. The molecule has 20 heavy (non-hydrogen) atoms. The Balaban J connectivity index is 2.14. The van der Waals surface area contributed by atoms with E-state index in [9.17, 15) is 18.0 Å². The monoisotopic (exact) mass is 287 g/mol. The maximum Gasteiger partial charge on any atom is 0.417 e. The number of carbonyl (C=O) groups excluding carboxylic acids is 1. The SMILES string of the molecule is CCCN(C(=O)c1ccc(C(F)(F)F)cn1)C1CNC1. The molecule has 110 valence electrons. The number of nitrogens with zero attached hydrogens (tertiary/aromatic N) is 2. The van der Waals surface area contributed by atoms with Crippen molar-refractivity contribution in [2.45, 2.75) is 25.6 Å². The van der Waals surface area contributed by atoms with Crippen LogP contribution < -0.4 is 5.32 Å². The van der Waals surface area contributed by atoms with Crippen molar-refractivity contribution in [3.8, 4) is 0 Å². The van der Waals surface area contributed by atoms with E-state index >= 15 is 0 Å². The molecule has 0 atom stereocenters. The van der Waals surface area contributed by atoms with Crippen LogP contribution in [0.4, 0.5) is 13.2 Å². The van der Waals surface area contributed by atoms with Gasteiger partial charge in [0.25, 0.3) is 5.91 Å². The van der Waals surface area contributed by atoms with Crippen LogP contribution in [0.2, 0.25) is 0 Å². The molecule has 1 amide bonds. The van der Waals surface area contributed by atoms with Gasteiger partial charge in [-0.15, -0.1) is 0 Å². The third kappa shape index (κ3) is 3.09. The Kier molecular flexibility index (Phi) is 4.27. The number of hydrogen-bond acceptors (Lipinski definition) is 3. The normalized spacial score (nSPS) is 15.8. The van der Waals surface area contributed by atoms with E-state index in [2.05, 4.69) is 10.3 Å². The first-order valence-electron chi connectivity index (χ1n) is 6.48. The summed E-state index contributed by atoms with van der Waals surface area (Å²) in [4.78, 5) is 17.6. The van der Waals surface area contributed by atoms with E-state index < -0.39 is 11.7 Å². The Morgan fingerprint density at radius 3 is 2.55 bits per heavy atom. The molecule has 0 radical (unpaired) electrons. The zero-order valence-electron chi connectivity index (χ0n) is 11.1. The largest absolute Gasteiger partial charge is 0.417 e. The van der Waals surface area contributed by atoms with Crippen molar-refractivity contribution < 1.29 is 18.0 Å². The van der Waals surface area contributed by atoms with Gasteiger partial charge in [-0.05, 0) is 18.6 Å². The van der Waals surface area contributed by atoms with Gasteiger partial charge in [0.05, 0.1) is 11.6 Å². The third-order valence-corrected chi connectivity index (χ3v) is 3.24. The second-order valence-electron chi connectivity index (χ2n) is 4.74. The second kappa shape index (κ2) is 5.78. The lowest BCUT2D eigenvalue weighted by atomic mass is 10.1. The molecule has 1 saturated heterocycles. The van der Waals surface area contributed by atoms with Crippen LogP contribution in [0.1, 0.15) is 29.4 Å². The summed E-state index contributed by atoms with van der Waals surface area (Å²) in [6, 6.07) is 2.13. The van der Waals surface area contributed by atoms with E-state index in [4.69, 9.17) is 0 Å². The molecule has 0 aromatic carbocycles. The predicted octanol–water partition coefficient (Wildman–Crippen LogP) is 1.92. The topological polar surface area (TPSA) is 45.2 Å². The summed E-state index contributed by atoms with van der Waals surface area (Å²) in [7, 11) is 0. The molecule has 7 heteroatoms. The molecule has 4 nitrogen and oxygen atoms in total. The highest BCUT2D eigenvalue weighted by atomic mass is 19.4. The molecule has 1 aliphatic rings.